The zero-order chi connectivity index (χ0) is 13.9. The Labute approximate surface area is 121 Å². The molecule has 1 amide bonds. The van der Waals surface area contributed by atoms with E-state index in [-0.39, 0.29) is 0 Å². The first-order valence-electron chi connectivity index (χ1n) is 6.29. The van der Waals surface area contributed by atoms with Crippen LogP contribution in [0, 0.1) is 0 Å². The molecule has 0 saturated heterocycles. The van der Waals surface area contributed by atoms with Gasteiger partial charge in [-0.1, -0.05) is 42.1 Å². The molecule has 0 saturated carbocycles. The van der Waals surface area contributed by atoms with Gasteiger partial charge in [-0.15, -0.1) is 0 Å². The fraction of sp³-hybridized carbons (Fsp3) is 0. The number of fused-ring (bicyclic) bond motifs is 1. The molecule has 0 aliphatic heterocycles. The standard InChI is InChI=1S/C17H13NOS/c18-17(19)13-6-8-15(9-7-13)20-16-10-5-12-3-1-2-4-14(12)11-16/h1-11H,(H2,18,19). The topological polar surface area (TPSA) is 43.1 Å². The van der Waals surface area contributed by atoms with Crippen molar-refractivity contribution >= 4 is 28.4 Å². The third kappa shape index (κ3) is 2.68. The van der Waals surface area contributed by atoms with Crippen LogP contribution >= 0.6 is 11.8 Å². The smallest absolute Gasteiger partial charge is 0.248 e. The monoisotopic (exact) mass is 279 g/mol. The number of carbonyl (C=O) groups is 1. The Bertz CT molecular complexity index is 765. The molecule has 3 rings (SSSR count). The number of hydrogen-bond acceptors (Lipinski definition) is 2. The van der Waals surface area contributed by atoms with E-state index in [4.69, 9.17) is 5.73 Å². The summed E-state index contributed by atoms with van der Waals surface area (Å²) in [6.07, 6.45) is 0. The Morgan fingerprint density at radius 2 is 1.45 bits per heavy atom. The van der Waals surface area contributed by atoms with Crippen LogP contribution in [0.4, 0.5) is 0 Å². The van der Waals surface area contributed by atoms with Gasteiger partial charge >= 0.3 is 0 Å². The summed E-state index contributed by atoms with van der Waals surface area (Å²) in [6.45, 7) is 0. The van der Waals surface area contributed by atoms with Crippen molar-refractivity contribution in [2.45, 2.75) is 9.79 Å². The summed E-state index contributed by atoms with van der Waals surface area (Å²) >= 11 is 1.67. The molecule has 0 aliphatic rings. The van der Waals surface area contributed by atoms with Gasteiger partial charge in [-0.2, -0.15) is 0 Å². The van der Waals surface area contributed by atoms with Gasteiger partial charge in [-0.25, -0.2) is 0 Å². The summed E-state index contributed by atoms with van der Waals surface area (Å²) in [6, 6.07) is 22.0. The van der Waals surface area contributed by atoms with Gasteiger partial charge in [0.1, 0.15) is 0 Å². The molecule has 2 nitrogen and oxygen atoms in total. The molecule has 3 aromatic rings. The first-order chi connectivity index (χ1) is 9.72. The van der Waals surface area contributed by atoms with Crippen LogP contribution in [0.25, 0.3) is 10.8 Å². The fourth-order valence-electron chi connectivity index (χ4n) is 2.05. The van der Waals surface area contributed by atoms with Crippen molar-refractivity contribution in [1.82, 2.24) is 0 Å². The van der Waals surface area contributed by atoms with E-state index < -0.39 is 5.91 Å². The molecule has 0 fully saturated rings. The normalized spacial score (nSPS) is 10.6. The minimum Gasteiger partial charge on any atom is -0.366 e. The molecule has 0 aliphatic carbocycles. The van der Waals surface area contributed by atoms with Crippen LogP contribution in [0.15, 0.2) is 76.5 Å². The Kier molecular flexibility index (Phi) is 3.44. The Morgan fingerprint density at radius 1 is 0.800 bits per heavy atom. The van der Waals surface area contributed by atoms with Gasteiger partial charge in [0.15, 0.2) is 0 Å². The summed E-state index contributed by atoms with van der Waals surface area (Å²) in [5.74, 6) is -0.396. The van der Waals surface area contributed by atoms with E-state index in [1.165, 1.54) is 15.7 Å². The third-order valence-electron chi connectivity index (χ3n) is 3.10. The highest BCUT2D eigenvalue weighted by molar-refractivity contribution is 7.99. The van der Waals surface area contributed by atoms with E-state index in [1.807, 2.05) is 24.3 Å². The van der Waals surface area contributed by atoms with Crippen molar-refractivity contribution < 1.29 is 4.79 Å². The predicted octanol–water partition coefficient (Wildman–Crippen LogP) is 4.09. The van der Waals surface area contributed by atoms with E-state index in [1.54, 1.807) is 23.9 Å². The molecule has 20 heavy (non-hydrogen) atoms. The van der Waals surface area contributed by atoms with Gasteiger partial charge in [0, 0.05) is 15.4 Å². The van der Waals surface area contributed by atoms with E-state index in [2.05, 4.69) is 30.3 Å². The molecule has 0 bridgehead atoms. The van der Waals surface area contributed by atoms with E-state index in [9.17, 15) is 4.79 Å². The molecule has 0 spiro atoms. The van der Waals surface area contributed by atoms with Gasteiger partial charge in [-0.05, 0) is 47.2 Å². The number of primary amides is 1. The van der Waals surface area contributed by atoms with Crippen molar-refractivity contribution in [3.8, 4) is 0 Å². The summed E-state index contributed by atoms with van der Waals surface area (Å²) in [4.78, 5) is 13.3. The summed E-state index contributed by atoms with van der Waals surface area (Å²) in [7, 11) is 0. The van der Waals surface area contributed by atoms with Crippen molar-refractivity contribution in [3.63, 3.8) is 0 Å². The predicted molar refractivity (Wildman–Crippen MR) is 83.0 cm³/mol. The second-order valence-electron chi connectivity index (χ2n) is 4.50. The molecule has 0 heterocycles. The Morgan fingerprint density at radius 3 is 2.15 bits per heavy atom. The quantitative estimate of drug-likeness (QED) is 0.784. The van der Waals surface area contributed by atoms with Crippen LogP contribution < -0.4 is 5.73 Å². The molecule has 0 unspecified atom stereocenters. The molecule has 3 aromatic carbocycles. The summed E-state index contributed by atoms with van der Waals surface area (Å²) in [5.41, 5.74) is 5.77. The minimum atomic E-state index is -0.396. The number of nitrogens with two attached hydrogens (primary N) is 1. The zero-order valence-electron chi connectivity index (χ0n) is 10.7. The Balaban J connectivity index is 1.87. The van der Waals surface area contributed by atoms with Crippen molar-refractivity contribution in [2.24, 2.45) is 5.73 Å². The van der Waals surface area contributed by atoms with Gasteiger partial charge in [-0.3, -0.25) is 4.79 Å². The Hall–Kier alpha value is -2.26. The van der Waals surface area contributed by atoms with Crippen LogP contribution in [0.3, 0.4) is 0 Å². The number of benzene rings is 3. The second-order valence-corrected chi connectivity index (χ2v) is 5.65. The lowest BCUT2D eigenvalue weighted by molar-refractivity contribution is 0.1000. The van der Waals surface area contributed by atoms with Gasteiger partial charge in [0.2, 0.25) is 5.91 Å². The maximum atomic E-state index is 11.0. The van der Waals surface area contributed by atoms with Gasteiger partial charge < -0.3 is 5.73 Å². The van der Waals surface area contributed by atoms with Crippen LogP contribution in [0.1, 0.15) is 10.4 Å². The highest BCUT2D eigenvalue weighted by atomic mass is 32.2. The van der Waals surface area contributed by atoms with Crippen molar-refractivity contribution in [1.29, 1.82) is 0 Å². The van der Waals surface area contributed by atoms with Crippen LogP contribution in [0.5, 0.6) is 0 Å². The van der Waals surface area contributed by atoms with E-state index in [0.717, 1.165) is 4.90 Å². The minimum absolute atomic E-state index is 0.396. The highest BCUT2D eigenvalue weighted by Crippen LogP contribution is 2.30. The number of rotatable bonds is 3. The van der Waals surface area contributed by atoms with Crippen LogP contribution in [-0.2, 0) is 0 Å². The molecular weight excluding hydrogens is 266 g/mol. The first kappa shape index (κ1) is 12.8. The number of amides is 1. The van der Waals surface area contributed by atoms with Crippen LogP contribution in [0.2, 0.25) is 0 Å². The third-order valence-corrected chi connectivity index (χ3v) is 4.09. The molecular formula is C17H13NOS. The highest BCUT2D eigenvalue weighted by Gasteiger charge is 2.02. The number of hydrogen-bond donors (Lipinski definition) is 1. The fourth-order valence-corrected chi connectivity index (χ4v) is 2.92. The lowest BCUT2D eigenvalue weighted by Crippen LogP contribution is -2.10. The molecule has 0 radical (unpaired) electrons. The maximum Gasteiger partial charge on any atom is 0.248 e. The number of carbonyl (C=O) groups excluding carboxylic acids is 1. The lowest BCUT2D eigenvalue weighted by atomic mass is 10.1. The first-order valence-corrected chi connectivity index (χ1v) is 7.10. The molecule has 0 aromatic heterocycles. The SMILES string of the molecule is NC(=O)c1ccc(Sc2ccc3ccccc3c2)cc1. The summed E-state index contributed by atoms with van der Waals surface area (Å²) < 4.78 is 0. The average molecular weight is 279 g/mol. The van der Waals surface area contributed by atoms with Gasteiger partial charge in [0.25, 0.3) is 0 Å². The van der Waals surface area contributed by atoms with E-state index in [0.29, 0.717) is 5.56 Å². The van der Waals surface area contributed by atoms with Crippen molar-refractivity contribution in [3.05, 3.63) is 72.3 Å². The molecule has 2 N–H and O–H groups in total. The second kappa shape index (κ2) is 5.39. The zero-order valence-corrected chi connectivity index (χ0v) is 11.6. The van der Waals surface area contributed by atoms with Crippen molar-refractivity contribution in [2.75, 3.05) is 0 Å². The van der Waals surface area contributed by atoms with Crippen LogP contribution in [-0.4, -0.2) is 5.91 Å². The molecule has 3 heteroatoms. The average Bonchev–Trinajstić information content (AvgIpc) is 2.48. The van der Waals surface area contributed by atoms with E-state index >= 15 is 0 Å². The van der Waals surface area contributed by atoms with Gasteiger partial charge in [0.05, 0.1) is 0 Å². The maximum absolute atomic E-state index is 11.0. The molecule has 0 atom stereocenters. The molecule has 98 valence electrons. The largest absolute Gasteiger partial charge is 0.366 e. The lowest BCUT2D eigenvalue weighted by Gasteiger charge is -2.04. The summed E-state index contributed by atoms with van der Waals surface area (Å²) in [5, 5.41) is 2.46.